The summed E-state index contributed by atoms with van der Waals surface area (Å²) >= 11 is 5.83. The predicted molar refractivity (Wildman–Crippen MR) is 61.4 cm³/mol. The van der Waals surface area contributed by atoms with E-state index in [9.17, 15) is 4.79 Å². The van der Waals surface area contributed by atoms with Gasteiger partial charge in [-0.15, -0.1) is 0 Å². The number of carbonyl (C=O) groups is 1. The van der Waals surface area contributed by atoms with Crippen LogP contribution < -0.4 is 10.5 Å². The molecule has 0 amide bonds. The van der Waals surface area contributed by atoms with Gasteiger partial charge in [-0.2, -0.15) is 0 Å². The zero-order valence-electron chi connectivity index (χ0n) is 9.20. The van der Waals surface area contributed by atoms with E-state index in [-0.39, 0.29) is 6.61 Å². The van der Waals surface area contributed by atoms with E-state index < -0.39 is 12.0 Å². The third kappa shape index (κ3) is 3.40. The molecule has 0 bridgehead atoms. The van der Waals surface area contributed by atoms with E-state index >= 15 is 0 Å². The smallest absolute Gasteiger partial charge is 0.322 e. The molecule has 2 N–H and O–H groups in total. The van der Waals surface area contributed by atoms with Crippen LogP contribution in [0.1, 0.15) is 12.5 Å². The van der Waals surface area contributed by atoms with Gasteiger partial charge in [0.15, 0.2) is 0 Å². The third-order valence-corrected chi connectivity index (χ3v) is 2.22. The molecule has 0 spiro atoms. The van der Waals surface area contributed by atoms with Gasteiger partial charge in [-0.05, 0) is 25.1 Å². The lowest BCUT2D eigenvalue weighted by atomic mass is 10.2. The first-order valence-corrected chi connectivity index (χ1v) is 5.17. The molecule has 16 heavy (non-hydrogen) atoms. The first kappa shape index (κ1) is 12.8. The average molecular weight is 244 g/mol. The number of nitrogens with two attached hydrogens (primary N) is 1. The average Bonchev–Trinajstić information content (AvgIpc) is 2.25. The Labute approximate surface area is 99.3 Å². The van der Waals surface area contributed by atoms with Crippen molar-refractivity contribution in [2.45, 2.75) is 19.6 Å². The number of halogens is 1. The Morgan fingerprint density at radius 3 is 2.81 bits per heavy atom. The van der Waals surface area contributed by atoms with Gasteiger partial charge in [-0.3, -0.25) is 4.79 Å². The highest BCUT2D eigenvalue weighted by molar-refractivity contribution is 6.30. The molecule has 0 heterocycles. The second-order valence-electron chi connectivity index (χ2n) is 3.35. The summed E-state index contributed by atoms with van der Waals surface area (Å²) in [5.41, 5.74) is 6.08. The molecule has 0 radical (unpaired) electrons. The van der Waals surface area contributed by atoms with Crippen molar-refractivity contribution in [2.75, 3.05) is 7.11 Å². The van der Waals surface area contributed by atoms with Crippen LogP contribution in [0.4, 0.5) is 0 Å². The molecule has 0 aliphatic rings. The SMILES string of the molecule is COc1ccc(Cl)cc1COC(=O)C(C)N. The second-order valence-corrected chi connectivity index (χ2v) is 3.79. The lowest BCUT2D eigenvalue weighted by Crippen LogP contribution is -2.28. The lowest BCUT2D eigenvalue weighted by Gasteiger charge is -2.10. The van der Waals surface area contributed by atoms with Crippen LogP contribution in [-0.2, 0) is 16.1 Å². The molecule has 0 fully saturated rings. The Bertz CT molecular complexity index is 379. The van der Waals surface area contributed by atoms with Crippen LogP contribution in [0, 0.1) is 0 Å². The first-order valence-electron chi connectivity index (χ1n) is 4.79. The Hall–Kier alpha value is -1.26. The Morgan fingerprint density at radius 1 is 1.56 bits per heavy atom. The monoisotopic (exact) mass is 243 g/mol. The van der Waals surface area contributed by atoms with Crippen molar-refractivity contribution >= 4 is 17.6 Å². The molecule has 1 aromatic rings. The van der Waals surface area contributed by atoms with E-state index in [4.69, 9.17) is 26.8 Å². The van der Waals surface area contributed by atoms with E-state index in [0.29, 0.717) is 16.3 Å². The number of benzene rings is 1. The highest BCUT2D eigenvalue weighted by atomic mass is 35.5. The normalized spacial score (nSPS) is 12.0. The van der Waals surface area contributed by atoms with E-state index in [1.54, 1.807) is 32.2 Å². The summed E-state index contributed by atoms with van der Waals surface area (Å²) in [6.45, 7) is 1.67. The Morgan fingerprint density at radius 2 is 2.25 bits per heavy atom. The van der Waals surface area contributed by atoms with Gasteiger partial charge >= 0.3 is 5.97 Å². The Balaban J connectivity index is 2.72. The van der Waals surface area contributed by atoms with Gasteiger partial charge in [-0.25, -0.2) is 0 Å². The summed E-state index contributed by atoms with van der Waals surface area (Å²) in [7, 11) is 1.54. The van der Waals surface area contributed by atoms with Crippen LogP contribution in [0.25, 0.3) is 0 Å². The molecule has 88 valence electrons. The number of carbonyl (C=O) groups excluding carboxylic acids is 1. The van der Waals surface area contributed by atoms with Gasteiger partial charge in [0.1, 0.15) is 18.4 Å². The zero-order valence-corrected chi connectivity index (χ0v) is 9.95. The number of rotatable bonds is 4. The van der Waals surface area contributed by atoms with E-state index in [1.165, 1.54) is 0 Å². The van der Waals surface area contributed by atoms with Crippen molar-refractivity contribution in [1.82, 2.24) is 0 Å². The summed E-state index contributed by atoms with van der Waals surface area (Å²) < 4.78 is 10.1. The Kier molecular flexibility index (Phi) is 4.58. The molecular formula is C11H14ClNO3. The van der Waals surface area contributed by atoms with Gasteiger partial charge < -0.3 is 15.2 Å². The highest BCUT2D eigenvalue weighted by Crippen LogP contribution is 2.23. The van der Waals surface area contributed by atoms with Gasteiger partial charge in [0.2, 0.25) is 0 Å². The van der Waals surface area contributed by atoms with Gasteiger partial charge in [0, 0.05) is 10.6 Å². The predicted octanol–water partition coefficient (Wildman–Crippen LogP) is 1.74. The van der Waals surface area contributed by atoms with Crippen LogP contribution in [0.3, 0.4) is 0 Å². The molecule has 0 aliphatic heterocycles. The van der Waals surface area contributed by atoms with Gasteiger partial charge in [0.05, 0.1) is 7.11 Å². The fourth-order valence-corrected chi connectivity index (χ4v) is 1.33. The molecule has 0 aromatic heterocycles. The maximum Gasteiger partial charge on any atom is 0.322 e. The summed E-state index contributed by atoms with van der Waals surface area (Å²) in [6, 6.07) is 4.48. The maximum absolute atomic E-state index is 11.2. The number of methoxy groups -OCH3 is 1. The molecule has 4 nitrogen and oxygen atoms in total. The second kappa shape index (κ2) is 5.72. The highest BCUT2D eigenvalue weighted by Gasteiger charge is 2.11. The minimum atomic E-state index is -0.634. The van der Waals surface area contributed by atoms with Crippen LogP contribution in [0.2, 0.25) is 5.02 Å². The molecule has 5 heteroatoms. The van der Waals surface area contributed by atoms with Crippen LogP contribution in [0.5, 0.6) is 5.75 Å². The van der Waals surface area contributed by atoms with Crippen molar-refractivity contribution in [1.29, 1.82) is 0 Å². The molecule has 1 unspecified atom stereocenters. The first-order chi connectivity index (χ1) is 7.54. The van der Waals surface area contributed by atoms with E-state index in [0.717, 1.165) is 0 Å². The van der Waals surface area contributed by atoms with Crippen LogP contribution >= 0.6 is 11.6 Å². The summed E-state index contributed by atoms with van der Waals surface area (Å²) in [6.07, 6.45) is 0. The van der Waals surface area contributed by atoms with Crippen molar-refractivity contribution in [2.24, 2.45) is 5.73 Å². The third-order valence-electron chi connectivity index (χ3n) is 1.98. The molecule has 1 rings (SSSR count). The largest absolute Gasteiger partial charge is 0.496 e. The molecule has 1 atom stereocenters. The van der Waals surface area contributed by atoms with Gasteiger partial charge in [0.25, 0.3) is 0 Å². The quantitative estimate of drug-likeness (QED) is 0.819. The summed E-state index contributed by atoms with van der Waals surface area (Å²) in [4.78, 5) is 11.2. The van der Waals surface area contributed by atoms with Crippen molar-refractivity contribution in [3.8, 4) is 5.75 Å². The van der Waals surface area contributed by atoms with Gasteiger partial charge in [-0.1, -0.05) is 11.6 Å². The number of ether oxygens (including phenoxy) is 2. The van der Waals surface area contributed by atoms with Crippen LogP contribution in [-0.4, -0.2) is 19.1 Å². The topological polar surface area (TPSA) is 61.5 Å². The minimum Gasteiger partial charge on any atom is -0.496 e. The van der Waals surface area contributed by atoms with Crippen LogP contribution in [0.15, 0.2) is 18.2 Å². The standard InChI is InChI=1S/C11H14ClNO3/c1-7(13)11(14)16-6-8-5-9(12)3-4-10(8)15-2/h3-5,7H,6,13H2,1-2H3. The summed E-state index contributed by atoms with van der Waals surface area (Å²) in [5.74, 6) is 0.170. The molecule has 0 aliphatic carbocycles. The number of hydrogen-bond acceptors (Lipinski definition) is 4. The van der Waals surface area contributed by atoms with Crippen molar-refractivity contribution in [3.05, 3.63) is 28.8 Å². The lowest BCUT2D eigenvalue weighted by molar-refractivity contribution is -0.146. The van der Waals surface area contributed by atoms with E-state index in [1.807, 2.05) is 0 Å². The summed E-state index contributed by atoms with van der Waals surface area (Å²) in [5, 5.41) is 0.563. The van der Waals surface area contributed by atoms with E-state index in [2.05, 4.69) is 0 Å². The number of esters is 1. The molecule has 0 saturated carbocycles. The molecular weight excluding hydrogens is 230 g/mol. The fourth-order valence-electron chi connectivity index (χ4n) is 1.14. The fraction of sp³-hybridized carbons (Fsp3) is 0.364. The van der Waals surface area contributed by atoms with Crippen molar-refractivity contribution in [3.63, 3.8) is 0 Å². The van der Waals surface area contributed by atoms with Crippen molar-refractivity contribution < 1.29 is 14.3 Å². The maximum atomic E-state index is 11.2. The molecule has 1 aromatic carbocycles. The minimum absolute atomic E-state index is 0.101. The number of hydrogen-bond donors (Lipinski definition) is 1. The molecule has 0 saturated heterocycles. The zero-order chi connectivity index (χ0) is 12.1.